The highest BCUT2D eigenvalue weighted by atomic mass is 32.1. The fourth-order valence-electron chi connectivity index (χ4n) is 1.36. The van der Waals surface area contributed by atoms with Crippen molar-refractivity contribution in [3.8, 4) is 0 Å². The molecule has 0 bridgehead atoms. The van der Waals surface area contributed by atoms with Crippen molar-refractivity contribution in [3.05, 3.63) is 27.6 Å². The molecule has 2 aromatic heterocycles. The van der Waals surface area contributed by atoms with Crippen LogP contribution in [0.4, 0.5) is 0 Å². The first-order chi connectivity index (χ1) is 7.09. The first-order valence-electron chi connectivity index (χ1n) is 4.24. The molecule has 0 saturated heterocycles. The molecular formula is C9H8N2O3S. The van der Waals surface area contributed by atoms with Crippen LogP contribution in [-0.2, 0) is 11.3 Å². The molecule has 0 unspecified atom stereocenters. The molecule has 78 valence electrons. The summed E-state index contributed by atoms with van der Waals surface area (Å²) in [4.78, 5) is 27.0. The summed E-state index contributed by atoms with van der Waals surface area (Å²) < 4.78 is 1.10. The molecule has 0 fully saturated rings. The number of thiophene rings is 1. The fraction of sp³-hybridized carbons (Fsp3) is 0.222. The summed E-state index contributed by atoms with van der Waals surface area (Å²) in [5.74, 6) is -1.05. The monoisotopic (exact) mass is 224 g/mol. The van der Waals surface area contributed by atoms with Crippen molar-refractivity contribution in [3.63, 3.8) is 0 Å². The van der Waals surface area contributed by atoms with Gasteiger partial charge in [-0.05, 0) is 17.9 Å². The lowest BCUT2D eigenvalue weighted by Crippen LogP contribution is -2.24. The van der Waals surface area contributed by atoms with Gasteiger partial charge in [0.25, 0.3) is 5.56 Å². The van der Waals surface area contributed by atoms with E-state index >= 15 is 0 Å². The topological polar surface area (TPSA) is 72.2 Å². The molecule has 0 spiro atoms. The number of aryl methyl sites for hydroxylation is 1. The zero-order valence-electron chi connectivity index (χ0n) is 7.93. The van der Waals surface area contributed by atoms with E-state index in [1.807, 2.05) is 12.3 Å². The first-order valence-corrected chi connectivity index (χ1v) is 5.12. The third kappa shape index (κ3) is 1.63. The van der Waals surface area contributed by atoms with Crippen molar-refractivity contribution in [1.29, 1.82) is 0 Å². The van der Waals surface area contributed by atoms with Gasteiger partial charge in [0.15, 0.2) is 0 Å². The lowest BCUT2D eigenvalue weighted by Gasteiger charge is -2.00. The Balaban J connectivity index is 2.69. The zero-order chi connectivity index (χ0) is 11.0. The molecule has 0 aliphatic carbocycles. The maximum atomic E-state index is 11.8. The number of fused-ring (bicyclic) bond motifs is 1. The third-order valence-electron chi connectivity index (χ3n) is 2.05. The highest BCUT2D eigenvalue weighted by Crippen LogP contribution is 2.19. The van der Waals surface area contributed by atoms with Crippen molar-refractivity contribution in [1.82, 2.24) is 9.55 Å². The zero-order valence-corrected chi connectivity index (χ0v) is 8.74. The summed E-state index contributed by atoms with van der Waals surface area (Å²) in [7, 11) is 0. The standard InChI is InChI=1S/C9H8N2O3S/c1-5-3-15-8-7(5)9(14)11(4-10-8)2-6(12)13/h3-4H,2H2,1H3,(H,12,13). The Kier molecular flexibility index (Phi) is 2.28. The Bertz CT molecular complexity index is 585. The molecule has 0 radical (unpaired) electrons. The van der Waals surface area contributed by atoms with E-state index in [1.54, 1.807) is 0 Å². The molecule has 2 heterocycles. The number of carboxylic acid groups (broad SMARTS) is 1. The average molecular weight is 224 g/mol. The second kappa shape index (κ2) is 3.47. The predicted molar refractivity (Wildman–Crippen MR) is 56.3 cm³/mol. The van der Waals surface area contributed by atoms with E-state index in [9.17, 15) is 9.59 Å². The number of rotatable bonds is 2. The van der Waals surface area contributed by atoms with Gasteiger partial charge in [0.05, 0.1) is 11.7 Å². The molecule has 0 aliphatic heterocycles. The lowest BCUT2D eigenvalue weighted by molar-refractivity contribution is -0.137. The normalized spacial score (nSPS) is 10.7. The van der Waals surface area contributed by atoms with Crippen molar-refractivity contribution < 1.29 is 9.90 Å². The fourth-order valence-corrected chi connectivity index (χ4v) is 2.24. The molecule has 5 nitrogen and oxygen atoms in total. The number of hydrogen-bond acceptors (Lipinski definition) is 4. The van der Waals surface area contributed by atoms with Crippen molar-refractivity contribution in [2.45, 2.75) is 13.5 Å². The van der Waals surface area contributed by atoms with Crippen molar-refractivity contribution >= 4 is 27.5 Å². The van der Waals surface area contributed by atoms with Crippen LogP contribution in [0.15, 0.2) is 16.5 Å². The van der Waals surface area contributed by atoms with E-state index in [1.165, 1.54) is 17.7 Å². The van der Waals surface area contributed by atoms with Crippen LogP contribution in [0.3, 0.4) is 0 Å². The first kappa shape index (κ1) is 9.85. The van der Waals surface area contributed by atoms with E-state index in [0.29, 0.717) is 10.2 Å². The maximum absolute atomic E-state index is 11.8. The summed E-state index contributed by atoms with van der Waals surface area (Å²) in [6.45, 7) is 1.46. The van der Waals surface area contributed by atoms with Gasteiger partial charge in [-0.15, -0.1) is 11.3 Å². The molecule has 0 aromatic carbocycles. The van der Waals surface area contributed by atoms with Crippen LogP contribution < -0.4 is 5.56 Å². The van der Waals surface area contributed by atoms with E-state index in [4.69, 9.17) is 5.11 Å². The minimum absolute atomic E-state index is 0.291. The number of aliphatic carboxylic acids is 1. The van der Waals surface area contributed by atoms with Gasteiger partial charge in [0, 0.05) is 0 Å². The van der Waals surface area contributed by atoms with Gasteiger partial charge in [-0.2, -0.15) is 0 Å². The van der Waals surface area contributed by atoms with Crippen LogP contribution in [0.25, 0.3) is 10.2 Å². The van der Waals surface area contributed by atoms with Crippen LogP contribution >= 0.6 is 11.3 Å². The van der Waals surface area contributed by atoms with Gasteiger partial charge < -0.3 is 5.11 Å². The van der Waals surface area contributed by atoms with Crippen LogP contribution in [0.2, 0.25) is 0 Å². The van der Waals surface area contributed by atoms with Gasteiger partial charge in [-0.25, -0.2) is 4.98 Å². The largest absolute Gasteiger partial charge is 0.480 e. The van der Waals surface area contributed by atoms with Crippen molar-refractivity contribution in [2.75, 3.05) is 0 Å². The SMILES string of the molecule is Cc1csc2ncn(CC(=O)O)c(=O)c12. The predicted octanol–water partition coefficient (Wildman–Crippen LogP) is 0.851. The van der Waals surface area contributed by atoms with E-state index < -0.39 is 5.97 Å². The summed E-state index contributed by atoms with van der Waals surface area (Å²) in [6.07, 6.45) is 1.27. The Morgan fingerprint density at radius 1 is 1.67 bits per heavy atom. The minimum Gasteiger partial charge on any atom is -0.480 e. The van der Waals surface area contributed by atoms with Crippen LogP contribution in [0.5, 0.6) is 0 Å². The molecule has 0 saturated carbocycles. The summed E-state index contributed by atoms with van der Waals surface area (Å²) in [5.41, 5.74) is 0.549. The lowest BCUT2D eigenvalue weighted by atomic mass is 10.3. The summed E-state index contributed by atoms with van der Waals surface area (Å²) >= 11 is 1.38. The Morgan fingerprint density at radius 2 is 2.40 bits per heavy atom. The molecule has 2 aromatic rings. The van der Waals surface area contributed by atoms with Crippen LogP contribution in [-0.4, -0.2) is 20.6 Å². The highest BCUT2D eigenvalue weighted by molar-refractivity contribution is 7.16. The molecular weight excluding hydrogens is 216 g/mol. The molecule has 0 amide bonds. The second-order valence-corrected chi connectivity index (χ2v) is 4.03. The Hall–Kier alpha value is -1.69. The highest BCUT2D eigenvalue weighted by Gasteiger charge is 2.10. The quantitative estimate of drug-likeness (QED) is 0.820. The van der Waals surface area contributed by atoms with Gasteiger partial charge in [-0.1, -0.05) is 0 Å². The summed E-state index contributed by atoms with van der Waals surface area (Å²) in [5, 5.41) is 11.0. The van der Waals surface area contributed by atoms with Crippen molar-refractivity contribution in [2.24, 2.45) is 0 Å². The summed E-state index contributed by atoms with van der Waals surface area (Å²) in [6, 6.07) is 0. The van der Waals surface area contributed by atoms with Crippen LogP contribution in [0.1, 0.15) is 5.56 Å². The maximum Gasteiger partial charge on any atom is 0.323 e. The number of carboxylic acids is 1. The molecule has 0 atom stereocenters. The molecule has 0 aliphatic rings. The number of nitrogens with zero attached hydrogens (tertiary/aromatic N) is 2. The minimum atomic E-state index is -1.05. The third-order valence-corrected chi connectivity index (χ3v) is 3.05. The van der Waals surface area contributed by atoms with E-state index in [-0.39, 0.29) is 12.1 Å². The number of carbonyl (C=O) groups is 1. The average Bonchev–Trinajstić information content (AvgIpc) is 2.53. The van der Waals surface area contributed by atoms with Gasteiger partial charge >= 0.3 is 5.97 Å². The number of aromatic nitrogens is 2. The Labute approximate surface area is 88.6 Å². The second-order valence-electron chi connectivity index (χ2n) is 3.17. The van der Waals surface area contributed by atoms with Gasteiger partial charge in [0.2, 0.25) is 0 Å². The van der Waals surface area contributed by atoms with Gasteiger partial charge in [0.1, 0.15) is 11.4 Å². The Morgan fingerprint density at radius 3 is 3.07 bits per heavy atom. The van der Waals surface area contributed by atoms with Gasteiger partial charge in [-0.3, -0.25) is 14.2 Å². The number of hydrogen-bond donors (Lipinski definition) is 1. The van der Waals surface area contributed by atoms with E-state index in [0.717, 1.165) is 10.1 Å². The van der Waals surface area contributed by atoms with Crippen LogP contribution in [0, 0.1) is 6.92 Å². The molecule has 6 heteroatoms. The molecule has 2 rings (SSSR count). The molecule has 1 N–H and O–H groups in total. The smallest absolute Gasteiger partial charge is 0.323 e. The van der Waals surface area contributed by atoms with E-state index in [2.05, 4.69) is 4.98 Å². The molecule has 15 heavy (non-hydrogen) atoms.